The highest BCUT2D eigenvalue weighted by Gasteiger charge is 2.32. The van der Waals surface area contributed by atoms with E-state index in [0.717, 1.165) is 43.5 Å². The fourth-order valence-corrected chi connectivity index (χ4v) is 4.48. The fraction of sp³-hybridized carbons (Fsp3) is 0.458. The Hall–Kier alpha value is -2.13. The number of benzene rings is 2. The summed E-state index contributed by atoms with van der Waals surface area (Å²) in [4.78, 5) is 15.3. The predicted molar refractivity (Wildman–Crippen MR) is 109 cm³/mol. The maximum Gasteiger partial charge on any atom is 0.241 e. The molecule has 2 saturated carbocycles. The molecule has 1 heterocycles. The molecule has 5 rings (SSSR count). The molecule has 1 saturated heterocycles. The van der Waals surface area contributed by atoms with Crippen molar-refractivity contribution < 1.29 is 4.79 Å². The summed E-state index contributed by atoms with van der Waals surface area (Å²) in [6.45, 7) is 1.91. The van der Waals surface area contributed by atoms with Crippen molar-refractivity contribution in [3.63, 3.8) is 0 Å². The van der Waals surface area contributed by atoms with Crippen molar-refractivity contribution in [2.45, 2.75) is 62.9 Å². The van der Waals surface area contributed by atoms with Gasteiger partial charge in [-0.15, -0.1) is 0 Å². The van der Waals surface area contributed by atoms with Crippen LogP contribution in [0, 0.1) is 0 Å². The van der Waals surface area contributed by atoms with E-state index in [9.17, 15) is 4.79 Å². The SMILES string of the molecule is O=C(Nc1ccc(C2CC2)cc1)[C@H]1CCCN1Cc1ccccc1C1CC1. The first-order valence-electron chi connectivity index (χ1n) is 10.5. The average molecular weight is 361 g/mol. The smallest absolute Gasteiger partial charge is 0.241 e. The zero-order valence-electron chi connectivity index (χ0n) is 15.9. The molecule has 3 nitrogen and oxygen atoms in total. The van der Waals surface area contributed by atoms with Gasteiger partial charge in [0.2, 0.25) is 5.91 Å². The molecule has 1 amide bonds. The Morgan fingerprint density at radius 3 is 2.41 bits per heavy atom. The van der Waals surface area contributed by atoms with Gasteiger partial charge in [-0.3, -0.25) is 9.69 Å². The van der Waals surface area contributed by atoms with Crippen LogP contribution in [-0.2, 0) is 11.3 Å². The maximum absolute atomic E-state index is 12.9. The Bertz CT molecular complexity index is 821. The average Bonchev–Trinajstić information content (AvgIpc) is 3.61. The van der Waals surface area contributed by atoms with E-state index >= 15 is 0 Å². The Kier molecular flexibility index (Phi) is 4.48. The number of amides is 1. The molecule has 3 aliphatic rings. The number of rotatable bonds is 6. The molecule has 2 aliphatic carbocycles. The van der Waals surface area contributed by atoms with Crippen molar-refractivity contribution >= 4 is 11.6 Å². The second-order valence-corrected chi connectivity index (χ2v) is 8.49. The molecule has 1 atom stereocenters. The molecule has 3 fully saturated rings. The minimum atomic E-state index is -0.0135. The zero-order valence-corrected chi connectivity index (χ0v) is 15.9. The number of hydrogen-bond donors (Lipinski definition) is 1. The first kappa shape index (κ1) is 17.0. The first-order valence-corrected chi connectivity index (χ1v) is 10.5. The number of nitrogens with one attached hydrogen (secondary N) is 1. The topological polar surface area (TPSA) is 32.3 Å². The van der Waals surface area contributed by atoms with Crippen molar-refractivity contribution in [3.8, 4) is 0 Å². The highest BCUT2D eigenvalue weighted by Crippen LogP contribution is 2.42. The van der Waals surface area contributed by atoms with Gasteiger partial charge in [0.25, 0.3) is 0 Å². The summed E-state index contributed by atoms with van der Waals surface area (Å²) >= 11 is 0. The van der Waals surface area contributed by atoms with Gasteiger partial charge in [-0.25, -0.2) is 0 Å². The summed E-state index contributed by atoms with van der Waals surface area (Å²) in [6.07, 6.45) is 7.31. The zero-order chi connectivity index (χ0) is 18.2. The third-order valence-corrected chi connectivity index (χ3v) is 6.34. The summed E-state index contributed by atoms with van der Waals surface area (Å²) in [6, 6.07) is 17.3. The molecule has 2 aromatic rings. The van der Waals surface area contributed by atoms with Crippen LogP contribution in [0.25, 0.3) is 0 Å². The third kappa shape index (κ3) is 3.79. The summed E-state index contributed by atoms with van der Waals surface area (Å²) < 4.78 is 0. The van der Waals surface area contributed by atoms with Gasteiger partial charge in [-0.1, -0.05) is 36.4 Å². The van der Waals surface area contributed by atoms with E-state index in [1.54, 1.807) is 0 Å². The Labute approximate surface area is 161 Å². The van der Waals surface area contributed by atoms with E-state index in [0.29, 0.717) is 0 Å². The van der Waals surface area contributed by atoms with Crippen LogP contribution in [0.2, 0.25) is 0 Å². The molecular formula is C24H28N2O. The first-order chi connectivity index (χ1) is 13.3. The van der Waals surface area contributed by atoms with E-state index in [4.69, 9.17) is 0 Å². The lowest BCUT2D eigenvalue weighted by Gasteiger charge is -2.25. The maximum atomic E-state index is 12.9. The molecule has 1 aliphatic heterocycles. The minimum absolute atomic E-state index is 0.0135. The van der Waals surface area contributed by atoms with Crippen LogP contribution in [-0.4, -0.2) is 23.4 Å². The largest absolute Gasteiger partial charge is 0.325 e. The van der Waals surface area contributed by atoms with Crippen molar-refractivity contribution in [3.05, 3.63) is 65.2 Å². The number of anilines is 1. The number of carbonyl (C=O) groups excluding carboxylic acids is 1. The normalized spacial score (nSPS) is 22.7. The molecule has 0 unspecified atom stereocenters. The Morgan fingerprint density at radius 1 is 0.926 bits per heavy atom. The van der Waals surface area contributed by atoms with Gasteiger partial charge < -0.3 is 5.32 Å². The molecule has 0 spiro atoms. The highest BCUT2D eigenvalue weighted by molar-refractivity contribution is 5.95. The van der Waals surface area contributed by atoms with Crippen LogP contribution in [0.5, 0.6) is 0 Å². The second kappa shape index (κ2) is 7.12. The van der Waals surface area contributed by atoms with Crippen LogP contribution >= 0.6 is 0 Å². The van der Waals surface area contributed by atoms with Gasteiger partial charge in [0.15, 0.2) is 0 Å². The third-order valence-electron chi connectivity index (χ3n) is 6.34. The van der Waals surface area contributed by atoms with Crippen LogP contribution in [0.15, 0.2) is 48.5 Å². The number of likely N-dealkylation sites (tertiary alicyclic amines) is 1. The highest BCUT2D eigenvalue weighted by atomic mass is 16.2. The Morgan fingerprint density at radius 2 is 1.67 bits per heavy atom. The van der Waals surface area contributed by atoms with Crippen molar-refractivity contribution in [1.82, 2.24) is 4.90 Å². The lowest BCUT2D eigenvalue weighted by Crippen LogP contribution is -2.39. The lowest BCUT2D eigenvalue weighted by atomic mass is 10.0. The lowest BCUT2D eigenvalue weighted by molar-refractivity contribution is -0.120. The quantitative estimate of drug-likeness (QED) is 0.782. The van der Waals surface area contributed by atoms with E-state index in [-0.39, 0.29) is 11.9 Å². The number of carbonyl (C=O) groups is 1. The van der Waals surface area contributed by atoms with E-state index in [2.05, 4.69) is 58.7 Å². The molecule has 2 aromatic carbocycles. The Balaban J connectivity index is 1.25. The molecule has 0 bridgehead atoms. The molecule has 0 aromatic heterocycles. The molecule has 0 radical (unpaired) electrons. The van der Waals surface area contributed by atoms with Crippen LogP contribution in [0.3, 0.4) is 0 Å². The van der Waals surface area contributed by atoms with E-state index < -0.39 is 0 Å². The van der Waals surface area contributed by atoms with Crippen LogP contribution in [0.1, 0.15) is 67.1 Å². The van der Waals surface area contributed by atoms with E-state index in [1.165, 1.54) is 42.4 Å². The van der Waals surface area contributed by atoms with Crippen LogP contribution < -0.4 is 5.32 Å². The summed E-state index contributed by atoms with van der Waals surface area (Å²) in [7, 11) is 0. The minimum Gasteiger partial charge on any atom is -0.325 e. The number of nitrogens with zero attached hydrogens (tertiary/aromatic N) is 1. The molecule has 140 valence electrons. The van der Waals surface area contributed by atoms with Gasteiger partial charge in [-0.05, 0) is 85.7 Å². The van der Waals surface area contributed by atoms with Gasteiger partial charge >= 0.3 is 0 Å². The van der Waals surface area contributed by atoms with Crippen molar-refractivity contribution in [1.29, 1.82) is 0 Å². The van der Waals surface area contributed by atoms with Gasteiger partial charge in [-0.2, -0.15) is 0 Å². The molecule has 27 heavy (non-hydrogen) atoms. The second-order valence-electron chi connectivity index (χ2n) is 8.49. The summed E-state index contributed by atoms with van der Waals surface area (Å²) in [5.41, 5.74) is 5.24. The van der Waals surface area contributed by atoms with Gasteiger partial charge in [0.05, 0.1) is 6.04 Å². The van der Waals surface area contributed by atoms with Gasteiger partial charge in [0, 0.05) is 12.2 Å². The summed E-state index contributed by atoms with van der Waals surface area (Å²) in [5.74, 6) is 1.66. The van der Waals surface area contributed by atoms with E-state index in [1.807, 2.05) is 0 Å². The monoisotopic (exact) mass is 360 g/mol. The molecule has 1 N–H and O–H groups in total. The van der Waals surface area contributed by atoms with Gasteiger partial charge in [0.1, 0.15) is 0 Å². The van der Waals surface area contributed by atoms with Crippen molar-refractivity contribution in [2.75, 3.05) is 11.9 Å². The summed E-state index contributed by atoms with van der Waals surface area (Å²) in [5, 5.41) is 3.16. The van der Waals surface area contributed by atoms with Crippen molar-refractivity contribution in [2.24, 2.45) is 0 Å². The number of hydrogen-bond acceptors (Lipinski definition) is 2. The fourth-order valence-electron chi connectivity index (χ4n) is 4.48. The molecule has 3 heteroatoms. The molecular weight excluding hydrogens is 332 g/mol. The standard InChI is InChI=1S/C24H28N2O/c27-24(25-21-13-11-18(12-14-21)17-7-8-17)23-6-3-15-26(23)16-20-4-1-2-5-22(20)19-9-10-19/h1-2,4-5,11-14,17,19,23H,3,6-10,15-16H2,(H,25,27)/t23-/m1/s1. The predicted octanol–water partition coefficient (Wildman–Crippen LogP) is 5.04. The van der Waals surface area contributed by atoms with Crippen LogP contribution in [0.4, 0.5) is 5.69 Å².